The summed E-state index contributed by atoms with van der Waals surface area (Å²) < 4.78 is 5.52. The second-order valence-corrected chi connectivity index (χ2v) is 7.05. The normalized spacial score (nSPS) is 18.6. The number of nitrogens with zero attached hydrogens (tertiary/aromatic N) is 3. The highest BCUT2D eigenvalue weighted by Crippen LogP contribution is 2.26. The van der Waals surface area contributed by atoms with E-state index < -0.39 is 5.60 Å². The molecule has 1 saturated heterocycles. The Labute approximate surface area is 138 Å². The summed E-state index contributed by atoms with van der Waals surface area (Å²) in [6.45, 7) is 6.96. The van der Waals surface area contributed by atoms with Gasteiger partial charge in [0.15, 0.2) is 11.6 Å². The molecule has 6 heteroatoms. The van der Waals surface area contributed by atoms with Crippen LogP contribution in [0, 0.1) is 0 Å². The van der Waals surface area contributed by atoms with Crippen molar-refractivity contribution >= 4 is 11.9 Å². The third kappa shape index (κ3) is 4.74. The van der Waals surface area contributed by atoms with Gasteiger partial charge in [-0.15, -0.1) is 0 Å². The minimum Gasteiger partial charge on any atom is -0.504 e. The average Bonchev–Trinajstić information content (AvgIpc) is 2.46. The summed E-state index contributed by atoms with van der Waals surface area (Å²) in [7, 11) is 1.88. The van der Waals surface area contributed by atoms with Crippen LogP contribution in [-0.2, 0) is 4.74 Å². The van der Waals surface area contributed by atoms with E-state index >= 15 is 0 Å². The molecule has 2 rings (SSSR count). The molecular weight excluding hydrogens is 294 g/mol. The lowest BCUT2D eigenvalue weighted by molar-refractivity contribution is 0.0108. The Morgan fingerprint density at radius 1 is 1.48 bits per heavy atom. The minimum absolute atomic E-state index is 0.0602. The van der Waals surface area contributed by atoms with Crippen molar-refractivity contribution < 1.29 is 14.6 Å². The Morgan fingerprint density at radius 2 is 2.22 bits per heavy atom. The van der Waals surface area contributed by atoms with Crippen LogP contribution in [0.1, 0.15) is 40.0 Å². The predicted molar refractivity (Wildman–Crippen MR) is 89.8 cm³/mol. The smallest absolute Gasteiger partial charge is 0.410 e. The van der Waals surface area contributed by atoms with E-state index in [0.717, 1.165) is 19.3 Å². The Hall–Kier alpha value is -1.98. The van der Waals surface area contributed by atoms with Crippen molar-refractivity contribution in [3.05, 3.63) is 18.3 Å². The lowest BCUT2D eigenvalue weighted by Crippen LogP contribution is -2.50. The summed E-state index contributed by atoms with van der Waals surface area (Å²) in [6.07, 6.45) is 4.40. The van der Waals surface area contributed by atoms with Gasteiger partial charge in [-0.05, 0) is 52.2 Å². The molecule has 0 aliphatic carbocycles. The van der Waals surface area contributed by atoms with Gasteiger partial charge in [-0.25, -0.2) is 9.78 Å². The minimum atomic E-state index is -0.496. The van der Waals surface area contributed by atoms with Gasteiger partial charge in [-0.2, -0.15) is 0 Å². The highest BCUT2D eigenvalue weighted by Gasteiger charge is 2.31. The second kappa shape index (κ2) is 7.06. The topological polar surface area (TPSA) is 65.9 Å². The summed E-state index contributed by atoms with van der Waals surface area (Å²) in [4.78, 5) is 20.3. The van der Waals surface area contributed by atoms with Crippen LogP contribution >= 0.6 is 0 Å². The first-order valence-electron chi connectivity index (χ1n) is 8.12. The number of pyridine rings is 1. The summed E-state index contributed by atoms with van der Waals surface area (Å²) >= 11 is 0. The standard InChI is InChI=1S/C17H27N3O3/c1-17(2,3)23-16(22)20-11-6-5-8-13(20)12-19(4)15-14(21)9-7-10-18-15/h7,9-10,13,21H,5-6,8,11-12H2,1-4H3. The molecule has 1 aromatic rings. The maximum absolute atomic E-state index is 12.4. The number of carbonyl (C=O) groups is 1. The van der Waals surface area contributed by atoms with Crippen LogP contribution in [0.3, 0.4) is 0 Å². The average molecular weight is 321 g/mol. The number of carbonyl (C=O) groups excluding carboxylic acids is 1. The van der Waals surface area contributed by atoms with Gasteiger partial charge >= 0.3 is 6.09 Å². The zero-order valence-electron chi connectivity index (χ0n) is 14.5. The molecule has 1 amide bonds. The van der Waals surface area contributed by atoms with E-state index in [2.05, 4.69) is 4.98 Å². The van der Waals surface area contributed by atoms with Gasteiger partial charge in [0.2, 0.25) is 0 Å². The fourth-order valence-electron chi connectivity index (χ4n) is 2.84. The maximum Gasteiger partial charge on any atom is 0.410 e. The number of hydrogen-bond donors (Lipinski definition) is 1. The predicted octanol–water partition coefficient (Wildman–Crippen LogP) is 3.01. The Bertz CT molecular complexity index is 542. The van der Waals surface area contributed by atoms with Crippen molar-refractivity contribution in [2.75, 3.05) is 25.0 Å². The van der Waals surface area contributed by atoms with E-state index in [1.807, 2.05) is 37.6 Å². The number of likely N-dealkylation sites (tertiary alicyclic amines) is 1. The fourth-order valence-corrected chi connectivity index (χ4v) is 2.84. The molecule has 0 saturated carbocycles. The number of ether oxygens (including phenoxy) is 1. The van der Waals surface area contributed by atoms with E-state index in [0.29, 0.717) is 18.9 Å². The van der Waals surface area contributed by atoms with Crippen molar-refractivity contribution in [1.29, 1.82) is 0 Å². The molecule has 0 radical (unpaired) electrons. The van der Waals surface area contributed by atoms with Gasteiger partial charge in [0.25, 0.3) is 0 Å². The van der Waals surface area contributed by atoms with Crippen LogP contribution in [0.25, 0.3) is 0 Å². The van der Waals surface area contributed by atoms with Gasteiger partial charge < -0.3 is 19.6 Å². The first kappa shape index (κ1) is 17.4. The number of amides is 1. The van der Waals surface area contributed by atoms with E-state index in [1.165, 1.54) is 0 Å². The van der Waals surface area contributed by atoms with Crippen LogP contribution < -0.4 is 4.90 Å². The van der Waals surface area contributed by atoms with Gasteiger partial charge in [-0.1, -0.05) is 0 Å². The highest BCUT2D eigenvalue weighted by atomic mass is 16.6. The van der Waals surface area contributed by atoms with E-state index in [9.17, 15) is 9.90 Å². The largest absolute Gasteiger partial charge is 0.504 e. The zero-order chi connectivity index (χ0) is 17.0. The molecule has 1 atom stereocenters. The van der Waals surface area contributed by atoms with Crippen molar-refractivity contribution in [2.45, 2.75) is 51.7 Å². The van der Waals surface area contributed by atoms with E-state index in [1.54, 1.807) is 18.3 Å². The maximum atomic E-state index is 12.4. The highest BCUT2D eigenvalue weighted by molar-refractivity contribution is 5.69. The first-order chi connectivity index (χ1) is 10.8. The van der Waals surface area contributed by atoms with E-state index in [4.69, 9.17) is 4.74 Å². The Balaban J connectivity index is 2.06. The number of anilines is 1. The molecule has 0 spiro atoms. The molecule has 1 fully saturated rings. The molecule has 1 unspecified atom stereocenters. The van der Waals surface area contributed by atoms with Crippen LogP contribution in [0.2, 0.25) is 0 Å². The third-order valence-electron chi connectivity index (χ3n) is 3.87. The number of aromatic nitrogens is 1. The number of aromatic hydroxyl groups is 1. The molecule has 0 aromatic carbocycles. The van der Waals surface area contributed by atoms with Crippen molar-refractivity contribution in [3.63, 3.8) is 0 Å². The monoisotopic (exact) mass is 321 g/mol. The summed E-state index contributed by atoms with van der Waals surface area (Å²) in [5.74, 6) is 0.678. The lowest BCUT2D eigenvalue weighted by Gasteiger charge is -2.38. The van der Waals surface area contributed by atoms with Crippen molar-refractivity contribution in [2.24, 2.45) is 0 Å². The molecule has 23 heavy (non-hydrogen) atoms. The first-order valence-corrected chi connectivity index (χ1v) is 8.12. The summed E-state index contributed by atoms with van der Waals surface area (Å²) in [6, 6.07) is 3.37. The number of hydrogen-bond acceptors (Lipinski definition) is 5. The van der Waals surface area contributed by atoms with Crippen molar-refractivity contribution in [3.8, 4) is 5.75 Å². The quantitative estimate of drug-likeness (QED) is 0.927. The Kier molecular flexibility index (Phi) is 5.34. The van der Waals surface area contributed by atoms with Gasteiger partial charge in [-0.3, -0.25) is 0 Å². The summed E-state index contributed by atoms with van der Waals surface area (Å²) in [5.41, 5.74) is -0.496. The van der Waals surface area contributed by atoms with Gasteiger partial charge in [0.1, 0.15) is 5.60 Å². The molecule has 1 aliphatic heterocycles. The summed E-state index contributed by atoms with van der Waals surface area (Å²) in [5, 5.41) is 9.93. The lowest BCUT2D eigenvalue weighted by atomic mass is 10.0. The fraction of sp³-hybridized carbons (Fsp3) is 0.647. The molecule has 1 N–H and O–H groups in total. The zero-order valence-corrected chi connectivity index (χ0v) is 14.5. The molecule has 1 aromatic heterocycles. The second-order valence-electron chi connectivity index (χ2n) is 7.05. The van der Waals surface area contributed by atoms with Crippen LogP contribution in [-0.4, -0.2) is 52.9 Å². The molecule has 2 heterocycles. The van der Waals surface area contributed by atoms with Crippen LogP contribution in [0.15, 0.2) is 18.3 Å². The number of piperidine rings is 1. The molecular formula is C17H27N3O3. The van der Waals surface area contributed by atoms with Crippen LogP contribution in [0.4, 0.5) is 10.6 Å². The molecule has 0 bridgehead atoms. The third-order valence-corrected chi connectivity index (χ3v) is 3.87. The molecule has 1 aliphatic rings. The Morgan fingerprint density at radius 3 is 2.87 bits per heavy atom. The number of likely N-dealkylation sites (N-methyl/N-ethyl adjacent to an activating group) is 1. The molecule has 128 valence electrons. The molecule has 6 nitrogen and oxygen atoms in total. The van der Waals surface area contributed by atoms with Gasteiger partial charge in [0.05, 0.1) is 6.04 Å². The van der Waals surface area contributed by atoms with Crippen LogP contribution in [0.5, 0.6) is 5.75 Å². The van der Waals surface area contributed by atoms with Crippen molar-refractivity contribution in [1.82, 2.24) is 9.88 Å². The van der Waals surface area contributed by atoms with E-state index in [-0.39, 0.29) is 17.9 Å². The van der Waals surface area contributed by atoms with Gasteiger partial charge in [0, 0.05) is 26.3 Å². The SMILES string of the molecule is CN(CC1CCCCN1C(=O)OC(C)(C)C)c1ncccc1O. The number of rotatable bonds is 3.